The minimum Gasteiger partial charge on any atom is -0.481 e. The van der Waals surface area contributed by atoms with E-state index in [4.69, 9.17) is 9.84 Å². The van der Waals surface area contributed by atoms with Crippen molar-refractivity contribution >= 4 is 17.7 Å². The van der Waals surface area contributed by atoms with Gasteiger partial charge in [-0.25, -0.2) is 0 Å². The highest BCUT2D eigenvalue weighted by molar-refractivity contribution is 7.99. The van der Waals surface area contributed by atoms with Gasteiger partial charge in [-0.2, -0.15) is 0 Å². The van der Waals surface area contributed by atoms with Crippen molar-refractivity contribution < 1.29 is 14.6 Å². The molecule has 2 rings (SSSR count). The van der Waals surface area contributed by atoms with Gasteiger partial charge in [0.25, 0.3) is 0 Å². The number of ether oxygens (including phenoxy) is 1. The van der Waals surface area contributed by atoms with Gasteiger partial charge in [-0.15, -0.1) is 10.2 Å². The number of nitrogens with zero attached hydrogens (tertiary/aromatic N) is 3. The van der Waals surface area contributed by atoms with Crippen LogP contribution in [0.25, 0.3) is 0 Å². The van der Waals surface area contributed by atoms with E-state index in [1.807, 2.05) is 6.92 Å². The van der Waals surface area contributed by atoms with E-state index >= 15 is 0 Å². The van der Waals surface area contributed by atoms with E-state index in [0.717, 1.165) is 38.3 Å². The highest BCUT2D eigenvalue weighted by atomic mass is 32.2. The lowest BCUT2D eigenvalue weighted by atomic mass is 9.92. The quantitative estimate of drug-likeness (QED) is 0.810. The molecule has 0 bridgehead atoms. The molecule has 112 valence electrons. The predicted molar refractivity (Wildman–Crippen MR) is 76.0 cm³/mol. The summed E-state index contributed by atoms with van der Waals surface area (Å²) in [5, 5.41) is 17.9. The zero-order chi connectivity index (χ0) is 14.5. The monoisotopic (exact) mass is 299 g/mol. The highest BCUT2D eigenvalue weighted by Crippen LogP contribution is 2.31. The number of hydrogen-bond acceptors (Lipinski definition) is 5. The molecule has 1 saturated heterocycles. The van der Waals surface area contributed by atoms with Crippen molar-refractivity contribution in [1.29, 1.82) is 0 Å². The van der Waals surface area contributed by atoms with Gasteiger partial charge >= 0.3 is 5.97 Å². The summed E-state index contributed by atoms with van der Waals surface area (Å²) < 4.78 is 7.52. The van der Waals surface area contributed by atoms with Gasteiger partial charge in [0.2, 0.25) is 0 Å². The SMILES string of the molecule is CCc1nnc(SCC(=O)O)n1C(C)C1CCOCC1. The van der Waals surface area contributed by atoms with Crippen LogP contribution in [-0.4, -0.2) is 44.8 Å². The summed E-state index contributed by atoms with van der Waals surface area (Å²) in [6, 6.07) is 0.278. The molecule has 2 heterocycles. The smallest absolute Gasteiger partial charge is 0.313 e. The average molecular weight is 299 g/mol. The second-order valence-corrected chi connectivity index (χ2v) is 5.94. The van der Waals surface area contributed by atoms with E-state index in [-0.39, 0.29) is 11.8 Å². The Morgan fingerprint density at radius 3 is 2.80 bits per heavy atom. The number of aromatic nitrogens is 3. The lowest BCUT2D eigenvalue weighted by Gasteiger charge is -2.30. The molecule has 1 aromatic heterocycles. The predicted octanol–water partition coefficient (Wildman–Crippen LogP) is 2.00. The molecule has 0 saturated carbocycles. The molecule has 1 fully saturated rings. The van der Waals surface area contributed by atoms with Crippen molar-refractivity contribution in [3.05, 3.63) is 5.82 Å². The fraction of sp³-hybridized carbons (Fsp3) is 0.769. The lowest BCUT2D eigenvalue weighted by Crippen LogP contribution is -2.25. The number of carbonyl (C=O) groups is 1. The number of thioether (sulfide) groups is 1. The molecule has 1 unspecified atom stereocenters. The van der Waals surface area contributed by atoms with Crippen LogP contribution in [0.3, 0.4) is 0 Å². The molecule has 0 spiro atoms. The van der Waals surface area contributed by atoms with E-state index in [9.17, 15) is 4.79 Å². The third kappa shape index (κ3) is 3.52. The van der Waals surface area contributed by atoms with E-state index in [1.54, 1.807) is 0 Å². The summed E-state index contributed by atoms with van der Waals surface area (Å²) in [7, 11) is 0. The van der Waals surface area contributed by atoms with Crippen molar-refractivity contribution in [1.82, 2.24) is 14.8 Å². The molecular formula is C13H21N3O3S. The van der Waals surface area contributed by atoms with Crippen molar-refractivity contribution in [2.75, 3.05) is 19.0 Å². The molecule has 0 aliphatic carbocycles. The maximum Gasteiger partial charge on any atom is 0.313 e. The van der Waals surface area contributed by atoms with E-state index in [1.165, 1.54) is 11.8 Å². The van der Waals surface area contributed by atoms with Crippen LogP contribution in [0.15, 0.2) is 5.16 Å². The van der Waals surface area contributed by atoms with Crippen LogP contribution < -0.4 is 0 Å². The van der Waals surface area contributed by atoms with E-state index < -0.39 is 5.97 Å². The third-order valence-electron chi connectivity index (χ3n) is 3.73. The number of aliphatic carboxylic acids is 1. The Morgan fingerprint density at radius 2 is 2.20 bits per heavy atom. The maximum atomic E-state index is 10.7. The van der Waals surface area contributed by atoms with Crippen LogP contribution in [0.5, 0.6) is 0 Å². The van der Waals surface area contributed by atoms with Gasteiger partial charge in [-0.3, -0.25) is 4.79 Å². The fourth-order valence-electron chi connectivity index (χ4n) is 2.59. The Bertz CT molecular complexity index is 458. The van der Waals surface area contributed by atoms with Gasteiger partial charge in [0.1, 0.15) is 5.82 Å². The molecule has 0 amide bonds. The number of carboxylic acid groups (broad SMARTS) is 1. The van der Waals surface area contributed by atoms with Crippen LogP contribution in [0.1, 0.15) is 38.6 Å². The van der Waals surface area contributed by atoms with Crippen LogP contribution in [-0.2, 0) is 16.0 Å². The molecule has 1 aromatic rings. The Kier molecular flexibility index (Phi) is 5.42. The van der Waals surface area contributed by atoms with E-state index in [2.05, 4.69) is 21.7 Å². The van der Waals surface area contributed by atoms with Crippen LogP contribution in [0.2, 0.25) is 0 Å². The van der Waals surface area contributed by atoms with Crippen molar-refractivity contribution in [2.45, 2.75) is 44.3 Å². The standard InChI is InChI=1S/C13H21N3O3S/c1-3-11-14-15-13(20-8-12(17)18)16(11)9(2)10-4-6-19-7-5-10/h9-10H,3-8H2,1-2H3,(H,17,18). The molecule has 1 aliphatic heterocycles. The molecule has 1 atom stereocenters. The summed E-state index contributed by atoms with van der Waals surface area (Å²) >= 11 is 1.24. The molecule has 6 nitrogen and oxygen atoms in total. The lowest BCUT2D eigenvalue weighted by molar-refractivity contribution is -0.133. The second kappa shape index (κ2) is 7.08. The summed E-state index contributed by atoms with van der Waals surface area (Å²) in [6.45, 7) is 5.82. The van der Waals surface area contributed by atoms with Gasteiger partial charge in [-0.05, 0) is 25.7 Å². The first-order chi connectivity index (χ1) is 9.63. The largest absolute Gasteiger partial charge is 0.481 e. The molecular weight excluding hydrogens is 278 g/mol. The van der Waals surface area contributed by atoms with Crippen LogP contribution in [0, 0.1) is 5.92 Å². The van der Waals surface area contributed by atoms with E-state index in [0.29, 0.717) is 11.1 Å². The minimum atomic E-state index is -0.832. The first-order valence-corrected chi connectivity index (χ1v) is 7.98. The van der Waals surface area contributed by atoms with Crippen molar-refractivity contribution in [3.8, 4) is 0 Å². The summed E-state index contributed by atoms with van der Waals surface area (Å²) in [5.41, 5.74) is 0. The zero-order valence-corrected chi connectivity index (χ0v) is 12.7. The van der Waals surface area contributed by atoms with Crippen molar-refractivity contribution in [3.63, 3.8) is 0 Å². The second-order valence-electron chi connectivity index (χ2n) is 5.00. The zero-order valence-electron chi connectivity index (χ0n) is 11.9. The summed E-state index contributed by atoms with van der Waals surface area (Å²) in [5.74, 6) is 0.648. The molecule has 0 aromatic carbocycles. The summed E-state index contributed by atoms with van der Waals surface area (Å²) in [6.07, 6.45) is 2.87. The van der Waals surface area contributed by atoms with Crippen LogP contribution >= 0.6 is 11.8 Å². The summed E-state index contributed by atoms with van der Waals surface area (Å²) in [4.78, 5) is 10.7. The number of hydrogen-bond donors (Lipinski definition) is 1. The first kappa shape index (κ1) is 15.3. The normalized spacial score (nSPS) is 18.1. The Hall–Kier alpha value is -1.08. The third-order valence-corrected chi connectivity index (χ3v) is 4.66. The minimum absolute atomic E-state index is 0.0162. The number of rotatable bonds is 6. The topological polar surface area (TPSA) is 77.2 Å². The Labute approximate surface area is 122 Å². The average Bonchev–Trinajstić information content (AvgIpc) is 2.88. The van der Waals surface area contributed by atoms with Gasteiger partial charge in [0, 0.05) is 25.7 Å². The number of aryl methyl sites for hydroxylation is 1. The van der Waals surface area contributed by atoms with Gasteiger partial charge < -0.3 is 14.4 Å². The fourth-order valence-corrected chi connectivity index (χ4v) is 3.35. The van der Waals surface area contributed by atoms with Crippen LogP contribution in [0.4, 0.5) is 0 Å². The Balaban J connectivity index is 2.18. The Morgan fingerprint density at radius 1 is 1.50 bits per heavy atom. The molecule has 0 radical (unpaired) electrons. The van der Waals surface area contributed by atoms with Gasteiger partial charge in [-0.1, -0.05) is 18.7 Å². The maximum absolute atomic E-state index is 10.7. The molecule has 1 aliphatic rings. The highest BCUT2D eigenvalue weighted by Gasteiger charge is 2.26. The number of carboxylic acids is 1. The van der Waals surface area contributed by atoms with Gasteiger partial charge in [0.05, 0.1) is 5.75 Å². The molecule has 20 heavy (non-hydrogen) atoms. The van der Waals surface area contributed by atoms with Crippen molar-refractivity contribution in [2.24, 2.45) is 5.92 Å². The molecule has 1 N–H and O–H groups in total. The molecule has 7 heteroatoms. The first-order valence-electron chi connectivity index (χ1n) is 6.99. The van der Waals surface area contributed by atoms with Gasteiger partial charge in [0.15, 0.2) is 5.16 Å².